The minimum Gasteiger partial charge on any atom is -0.489 e. The van der Waals surface area contributed by atoms with E-state index in [1.165, 1.54) is 6.07 Å². The molecule has 0 saturated heterocycles. The van der Waals surface area contributed by atoms with Crippen LogP contribution < -0.4 is 4.74 Å². The minimum atomic E-state index is -4.40. The van der Waals surface area contributed by atoms with E-state index in [0.29, 0.717) is 28.3 Å². The molecule has 0 atom stereocenters. The van der Waals surface area contributed by atoms with Gasteiger partial charge in [-0.05, 0) is 47.0 Å². The average molecular weight is 505 g/mol. The first-order valence-electron chi connectivity index (χ1n) is 11.3. The second-order valence-corrected chi connectivity index (χ2v) is 8.74. The van der Waals surface area contributed by atoms with Crippen molar-refractivity contribution in [2.45, 2.75) is 19.2 Å². The van der Waals surface area contributed by atoms with Crippen LogP contribution >= 0.6 is 11.6 Å². The van der Waals surface area contributed by atoms with Crippen LogP contribution in [0.4, 0.5) is 13.2 Å². The molecule has 36 heavy (non-hydrogen) atoms. The summed E-state index contributed by atoms with van der Waals surface area (Å²) in [4.78, 5) is 0. The summed E-state index contributed by atoms with van der Waals surface area (Å²) in [6.07, 6.45) is -3.83. The van der Waals surface area contributed by atoms with Crippen molar-refractivity contribution < 1.29 is 17.9 Å². The Morgan fingerprint density at radius 2 is 1.50 bits per heavy atom. The molecule has 4 aromatic carbocycles. The predicted molar refractivity (Wildman–Crippen MR) is 135 cm³/mol. The van der Waals surface area contributed by atoms with E-state index in [9.17, 15) is 13.2 Å². The fourth-order valence-electron chi connectivity index (χ4n) is 4.12. The van der Waals surface area contributed by atoms with E-state index in [-0.39, 0.29) is 6.61 Å². The van der Waals surface area contributed by atoms with Crippen molar-refractivity contribution in [1.29, 1.82) is 0 Å². The third kappa shape index (κ3) is 5.19. The maximum Gasteiger partial charge on any atom is 0.416 e. The van der Waals surface area contributed by atoms with Crippen LogP contribution in [-0.4, -0.2) is 10.2 Å². The molecule has 0 radical (unpaired) electrons. The van der Waals surface area contributed by atoms with Gasteiger partial charge in [0.05, 0.1) is 16.3 Å². The summed E-state index contributed by atoms with van der Waals surface area (Å²) in [5, 5.41) is 10.3. The standard InChI is InChI=1S/C29H20ClF3N2O/c30-25-14-6-13-24-27(26(34-35-28(24)25)16-19-7-2-1-3-8-19)21-10-5-12-23(17-21)36-18-20-9-4-11-22(15-20)29(31,32)33/h1-15,17H,16,18H2. The van der Waals surface area contributed by atoms with E-state index in [4.69, 9.17) is 16.3 Å². The van der Waals surface area contributed by atoms with Crippen molar-refractivity contribution in [2.24, 2.45) is 0 Å². The number of ether oxygens (including phenoxy) is 1. The molecule has 0 spiro atoms. The van der Waals surface area contributed by atoms with Gasteiger partial charge in [0.1, 0.15) is 17.9 Å². The first kappa shape index (κ1) is 23.8. The molecule has 0 aliphatic heterocycles. The molecule has 1 aromatic heterocycles. The van der Waals surface area contributed by atoms with Crippen LogP contribution in [-0.2, 0) is 19.2 Å². The van der Waals surface area contributed by atoms with Gasteiger partial charge in [0, 0.05) is 17.4 Å². The number of benzene rings is 4. The molecule has 0 aliphatic rings. The molecule has 0 amide bonds. The first-order chi connectivity index (χ1) is 17.4. The highest BCUT2D eigenvalue weighted by molar-refractivity contribution is 6.35. The summed E-state index contributed by atoms with van der Waals surface area (Å²) in [5.74, 6) is 0.530. The number of hydrogen-bond acceptors (Lipinski definition) is 3. The number of aromatic nitrogens is 2. The molecule has 180 valence electrons. The van der Waals surface area contributed by atoms with Crippen molar-refractivity contribution >= 4 is 22.5 Å². The monoisotopic (exact) mass is 504 g/mol. The van der Waals surface area contributed by atoms with Crippen molar-refractivity contribution in [1.82, 2.24) is 10.2 Å². The predicted octanol–water partition coefficient (Wildman–Crippen LogP) is 8.14. The maximum atomic E-state index is 13.1. The second kappa shape index (κ2) is 9.99. The van der Waals surface area contributed by atoms with E-state index >= 15 is 0 Å². The smallest absolute Gasteiger partial charge is 0.416 e. The summed E-state index contributed by atoms with van der Waals surface area (Å²) >= 11 is 6.42. The molecule has 1 heterocycles. The van der Waals surface area contributed by atoms with Gasteiger partial charge in [-0.15, -0.1) is 5.10 Å². The molecule has 3 nitrogen and oxygen atoms in total. The number of halogens is 4. The second-order valence-electron chi connectivity index (χ2n) is 8.33. The van der Waals surface area contributed by atoms with Gasteiger partial charge in [-0.3, -0.25) is 0 Å². The summed E-state index contributed by atoms with van der Waals surface area (Å²) < 4.78 is 45.1. The average Bonchev–Trinajstić information content (AvgIpc) is 2.88. The number of nitrogens with zero attached hydrogens (tertiary/aromatic N) is 2. The molecule has 0 aliphatic carbocycles. The van der Waals surface area contributed by atoms with E-state index < -0.39 is 11.7 Å². The number of rotatable bonds is 6. The fourth-order valence-corrected chi connectivity index (χ4v) is 4.33. The van der Waals surface area contributed by atoms with Gasteiger partial charge in [0.25, 0.3) is 0 Å². The third-order valence-electron chi connectivity index (χ3n) is 5.81. The number of fused-ring (bicyclic) bond motifs is 1. The molecule has 0 bridgehead atoms. The Labute approximate surface area is 211 Å². The van der Waals surface area contributed by atoms with E-state index in [1.54, 1.807) is 18.2 Å². The lowest BCUT2D eigenvalue weighted by molar-refractivity contribution is -0.137. The quantitative estimate of drug-likeness (QED) is 0.234. The molecule has 0 saturated carbocycles. The molecular formula is C29H20ClF3N2O. The molecule has 0 fully saturated rings. The van der Waals surface area contributed by atoms with Crippen LogP contribution in [0, 0.1) is 0 Å². The van der Waals surface area contributed by atoms with Gasteiger partial charge in [-0.25, -0.2) is 0 Å². The van der Waals surface area contributed by atoms with Crippen LogP contribution in [0.2, 0.25) is 5.02 Å². The van der Waals surface area contributed by atoms with Crippen molar-refractivity contribution in [3.63, 3.8) is 0 Å². The third-order valence-corrected chi connectivity index (χ3v) is 6.12. The van der Waals surface area contributed by atoms with Gasteiger partial charge in [-0.1, -0.05) is 78.3 Å². The Morgan fingerprint density at radius 3 is 2.31 bits per heavy atom. The Bertz CT molecular complexity index is 1520. The topological polar surface area (TPSA) is 35.0 Å². The van der Waals surface area contributed by atoms with Crippen LogP contribution in [0.15, 0.2) is 97.1 Å². The van der Waals surface area contributed by atoms with E-state index in [2.05, 4.69) is 10.2 Å². The fraction of sp³-hybridized carbons (Fsp3) is 0.103. The van der Waals surface area contributed by atoms with Gasteiger partial charge >= 0.3 is 6.18 Å². The molecule has 5 rings (SSSR count). The van der Waals surface area contributed by atoms with Crippen molar-refractivity contribution in [2.75, 3.05) is 0 Å². The van der Waals surface area contributed by atoms with Crippen LogP contribution in [0.1, 0.15) is 22.4 Å². The molecular weight excluding hydrogens is 485 g/mol. The number of hydrogen-bond donors (Lipinski definition) is 0. The Balaban J connectivity index is 1.51. The zero-order valence-corrected chi connectivity index (χ0v) is 19.7. The van der Waals surface area contributed by atoms with E-state index in [0.717, 1.165) is 39.9 Å². The lowest BCUT2D eigenvalue weighted by Gasteiger charge is -2.14. The van der Waals surface area contributed by atoms with Crippen LogP contribution in [0.5, 0.6) is 5.75 Å². The van der Waals surface area contributed by atoms with Gasteiger partial charge < -0.3 is 4.74 Å². The lowest BCUT2D eigenvalue weighted by Crippen LogP contribution is -2.06. The van der Waals surface area contributed by atoms with Crippen molar-refractivity contribution in [3.05, 3.63) is 124 Å². The maximum absolute atomic E-state index is 13.1. The molecule has 5 aromatic rings. The first-order valence-corrected chi connectivity index (χ1v) is 11.6. The highest BCUT2D eigenvalue weighted by Gasteiger charge is 2.30. The van der Waals surface area contributed by atoms with E-state index in [1.807, 2.05) is 60.7 Å². The summed E-state index contributed by atoms with van der Waals surface area (Å²) in [7, 11) is 0. The normalized spacial score (nSPS) is 11.6. The Kier molecular flexibility index (Phi) is 6.61. The summed E-state index contributed by atoms with van der Waals surface area (Å²) in [6, 6.07) is 28.1. The van der Waals surface area contributed by atoms with Gasteiger partial charge in [-0.2, -0.15) is 18.3 Å². The van der Waals surface area contributed by atoms with Crippen molar-refractivity contribution in [3.8, 4) is 16.9 Å². The Hall–Kier alpha value is -3.90. The zero-order chi connectivity index (χ0) is 25.1. The largest absolute Gasteiger partial charge is 0.489 e. The highest BCUT2D eigenvalue weighted by Crippen LogP contribution is 2.35. The molecule has 0 N–H and O–H groups in total. The Morgan fingerprint density at radius 1 is 0.750 bits per heavy atom. The van der Waals surface area contributed by atoms with Gasteiger partial charge in [0.2, 0.25) is 0 Å². The SMILES string of the molecule is FC(F)(F)c1cccc(COc2cccc(-c3c(Cc4ccccc4)nnc4c(Cl)cccc34)c2)c1. The zero-order valence-electron chi connectivity index (χ0n) is 19.0. The summed E-state index contributed by atoms with van der Waals surface area (Å²) in [5.41, 5.74) is 3.94. The molecule has 7 heteroatoms. The summed E-state index contributed by atoms with van der Waals surface area (Å²) in [6.45, 7) is 0.00537. The minimum absolute atomic E-state index is 0.00537. The highest BCUT2D eigenvalue weighted by atomic mass is 35.5. The number of alkyl halides is 3. The van der Waals surface area contributed by atoms with Crippen LogP contribution in [0.3, 0.4) is 0 Å². The lowest BCUT2D eigenvalue weighted by atomic mass is 9.96. The van der Waals surface area contributed by atoms with Crippen LogP contribution in [0.25, 0.3) is 22.0 Å². The molecule has 0 unspecified atom stereocenters. The van der Waals surface area contributed by atoms with Gasteiger partial charge in [0.15, 0.2) is 0 Å².